The minimum atomic E-state index is -1.15. The molecular weight excluding hydrogens is 314 g/mol. The van der Waals surface area contributed by atoms with Crippen LogP contribution in [0.1, 0.15) is 6.92 Å². The first-order valence-corrected chi connectivity index (χ1v) is 7.92. The fourth-order valence-corrected chi connectivity index (χ4v) is 2.90. The van der Waals surface area contributed by atoms with Crippen molar-refractivity contribution in [2.75, 3.05) is 5.32 Å². The zero-order valence-electron chi connectivity index (χ0n) is 12.3. The molecule has 118 valence electrons. The van der Waals surface area contributed by atoms with E-state index in [-0.39, 0.29) is 0 Å². The number of fused-ring (bicyclic) bond motifs is 1. The Morgan fingerprint density at radius 2 is 2.00 bits per heavy atom. The minimum Gasteiger partial charge on any atom is -0.480 e. The summed E-state index contributed by atoms with van der Waals surface area (Å²) in [4.78, 5) is 21.2. The summed E-state index contributed by atoms with van der Waals surface area (Å²) in [7, 11) is 0. The molecule has 0 radical (unpaired) electrons. The fourth-order valence-electron chi connectivity index (χ4n) is 2.24. The van der Waals surface area contributed by atoms with Gasteiger partial charge in [-0.25, -0.2) is 14.8 Å². The van der Waals surface area contributed by atoms with E-state index in [0.29, 0.717) is 22.5 Å². The summed E-state index contributed by atoms with van der Waals surface area (Å²) in [5.74, 6) is -0.219. The van der Waals surface area contributed by atoms with Crippen LogP contribution in [0.3, 0.4) is 0 Å². The summed E-state index contributed by atoms with van der Waals surface area (Å²) in [6.07, 6.45) is -1.06. The van der Waals surface area contributed by atoms with E-state index in [4.69, 9.17) is 0 Å². The number of benzene rings is 1. The second-order valence-electron chi connectivity index (χ2n) is 5.09. The van der Waals surface area contributed by atoms with Gasteiger partial charge >= 0.3 is 5.97 Å². The molecule has 7 heteroatoms. The third-order valence-corrected chi connectivity index (χ3v) is 4.25. The number of hydrogen-bond acceptors (Lipinski definition) is 6. The Hall–Kier alpha value is -2.51. The van der Waals surface area contributed by atoms with Crippen molar-refractivity contribution in [3.8, 4) is 10.7 Å². The maximum atomic E-state index is 11.3. The van der Waals surface area contributed by atoms with Crippen molar-refractivity contribution in [1.29, 1.82) is 0 Å². The minimum absolute atomic E-state index is 0.396. The predicted octanol–water partition coefficient (Wildman–Crippen LogP) is 2.60. The summed E-state index contributed by atoms with van der Waals surface area (Å²) in [5, 5.41) is 24.4. The van der Waals surface area contributed by atoms with Gasteiger partial charge in [0.05, 0.1) is 16.5 Å². The Morgan fingerprint density at radius 3 is 2.65 bits per heavy atom. The molecule has 2 aromatic heterocycles. The molecule has 3 aromatic rings. The molecule has 0 fully saturated rings. The molecule has 0 bridgehead atoms. The van der Waals surface area contributed by atoms with Gasteiger partial charge in [0.1, 0.15) is 5.82 Å². The summed E-state index contributed by atoms with van der Waals surface area (Å²) in [5.41, 5.74) is 0.711. The number of thiophene rings is 1. The summed E-state index contributed by atoms with van der Waals surface area (Å²) in [6, 6.07) is 10.0. The molecule has 0 aliphatic heterocycles. The average Bonchev–Trinajstić information content (AvgIpc) is 3.06. The Kier molecular flexibility index (Phi) is 4.22. The number of carboxylic acid groups (broad SMARTS) is 1. The van der Waals surface area contributed by atoms with Gasteiger partial charge in [-0.2, -0.15) is 0 Å². The van der Waals surface area contributed by atoms with Gasteiger partial charge in [0.2, 0.25) is 0 Å². The van der Waals surface area contributed by atoms with E-state index in [0.717, 1.165) is 4.88 Å². The van der Waals surface area contributed by atoms with Crippen LogP contribution in [0.4, 0.5) is 5.82 Å². The Labute approximate surface area is 136 Å². The molecule has 0 amide bonds. The maximum absolute atomic E-state index is 11.3. The number of aliphatic carboxylic acids is 1. The molecule has 6 nitrogen and oxygen atoms in total. The number of aliphatic hydroxyl groups is 1. The van der Waals surface area contributed by atoms with Crippen molar-refractivity contribution in [1.82, 2.24) is 9.97 Å². The van der Waals surface area contributed by atoms with E-state index < -0.39 is 18.1 Å². The number of aromatic nitrogens is 2. The first-order chi connectivity index (χ1) is 11.1. The van der Waals surface area contributed by atoms with Crippen molar-refractivity contribution < 1.29 is 15.0 Å². The lowest BCUT2D eigenvalue weighted by atomic mass is 10.1. The number of nitrogens with zero attached hydrogens (tertiary/aromatic N) is 2. The van der Waals surface area contributed by atoms with Crippen LogP contribution in [-0.2, 0) is 4.79 Å². The SMILES string of the molecule is CC(O)C(Nc1nc(-c2cccs2)nc2ccccc12)C(=O)O. The second kappa shape index (κ2) is 6.31. The van der Waals surface area contributed by atoms with Gasteiger partial charge in [-0.1, -0.05) is 18.2 Å². The van der Waals surface area contributed by atoms with Crippen LogP contribution in [0, 0.1) is 0 Å². The number of rotatable bonds is 5. The number of anilines is 1. The molecule has 2 heterocycles. The third kappa shape index (κ3) is 3.15. The molecule has 2 unspecified atom stereocenters. The van der Waals surface area contributed by atoms with Crippen LogP contribution in [-0.4, -0.2) is 38.3 Å². The van der Waals surface area contributed by atoms with Crippen LogP contribution in [0.25, 0.3) is 21.6 Å². The monoisotopic (exact) mass is 329 g/mol. The highest BCUT2D eigenvalue weighted by molar-refractivity contribution is 7.13. The van der Waals surface area contributed by atoms with Crippen LogP contribution in [0.5, 0.6) is 0 Å². The molecule has 2 atom stereocenters. The maximum Gasteiger partial charge on any atom is 0.328 e. The smallest absolute Gasteiger partial charge is 0.328 e. The molecule has 23 heavy (non-hydrogen) atoms. The molecule has 0 aliphatic rings. The highest BCUT2D eigenvalue weighted by atomic mass is 32.1. The Balaban J connectivity index is 2.12. The third-order valence-electron chi connectivity index (χ3n) is 3.39. The molecule has 1 aromatic carbocycles. The Morgan fingerprint density at radius 1 is 1.22 bits per heavy atom. The lowest BCUT2D eigenvalue weighted by molar-refractivity contribution is -0.140. The topological polar surface area (TPSA) is 95.3 Å². The fraction of sp³-hybridized carbons (Fsp3) is 0.188. The van der Waals surface area contributed by atoms with Gasteiger partial charge in [-0.3, -0.25) is 0 Å². The highest BCUT2D eigenvalue weighted by Crippen LogP contribution is 2.27. The van der Waals surface area contributed by atoms with Crippen molar-refractivity contribution in [3.05, 3.63) is 41.8 Å². The number of carboxylic acids is 1. The highest BCUT2D eigenvalue weighted by Gasteiger charge is 2.24. The number of nitrogens with one attached hydrogen (secondary N) is 1. The van der Waals surface area contributed by atoms with Gasteiger partial charge in [0.15, 0.2) is 11.9 Å². The predicted molar refractivity (Wildman–Crippen MR) is 89.6 cm³/mol. The molecule has 0 saturated carbocycles. The summed E-state index contributed by atoms with van der Waals surface area (Å²) < 4.78 is 0. The number of aliphatic hydroxyl groups excluding tert-OH is 1. The first kappa shape index (κ1) is 15.4. The first-order valence-electron chi connectivity index (χ1n) is 7.04. The molecule has 3 N–H and O–H groups in total. The number of hydrogen-bond donors (Lipinski definition) is 3. The van der Waals surface area contributed by atoms with Gasteiger partial charge < -0.3 is 15.5 Å². The van der Waals surface area contributed by atoms with E-state index in [2.05, 4.69) is 15.3 Å². The van der Waals surface area contributed by atoms with Gasteiger partial charge in [-0.05, 0) is 30.5 Å². The molecule has 0 spiro atoms. The molecule has 3 rings (SSSR count). The van der Waals surface area contributed by atoms with Crippen LogP contribution in [0.2, 0.25) is 0 Å². The van der Waals surface area contributed by atoms with Crippen molar-refractivity contribution in [2.45, 2.75) is 19.1 Å². The van der Waals surface area contributed by atoms with Crippen LogP contribution < -0.4 is 5.32 Å². The molecular formula is C16H15N3O3S. The largest absolute Gasteiger partial charge is 0.480 e. The van der Waals surface area contributed by atoms with Crippen molar-refractivity contribution >= 4 is 34.0 Å². The van der Waals surface area contributed by atoms with Crippen LogP contribution in [0.15, 0.2) is 41.8 Å². The lowest BCUT2D eigenvalue weighted by Gasteiger charge is -2.19. The van der Waals surface area contributed by atoms with Gasteiger partial charge in [0, 0.05) is 5.39 Å². The number of para-hydroxylation sites is 1. The van der Waals surface area contributed by atoms with E-state index in [1.807, 2.05) is 41.8 Å². The Bertz CT molecular complexity index is 834. The van der Waals surface area contributed by atoms with E-state index in [1.165, 1.54) is 18.3 Å². The normalized spacial score (nSPS) is 13.7. The standard InChI is InChI=1S/C16H15N3O3S/c1-9(20)13(16(21)22)18-14-10-5-2-3-6-11(10)17-15(19-14)12-7-4-8-23-12/h2-9,13,20H,1H3,(H,21,22)(H,17,18,19). The van der Waals surface area contributed by atoms with Crippen LogP contribution >= 0.6 is 11.3 Å². The average molecular weight is 329 g/mol. The second-order valence-corrected chi connectivity index (χ2v) is 6.04. The van der Waals surface area contributed by atoms with E-state index >= 15 is 0 Å². The van der Waals surface area contributed by atoms with E-state index in [9.17, 15) is 15.0 Å². The van der Waals surface area contributed by atoms with Crippen molar-refractivity contribution in [2.24, 2.45) is 0 Å². The van der Waals surface area contributed by atoms with Crippen molar-refractivity contribution in [3.63, 3.8) is 0 Å². The molecule has 0 aliphatic carbocycles. The summed E-state index contributed by atoms with van der Waals surface area (Å²) in [6.45, 7) is 1.43. The summed E-state index contributed by atoms with van der Waals surface area (Å²) >= 11 is 1.51. The van der Waals surface area contributed by atoms with E-state index in [1.54, 1.807) is 0 Å². The lowest BCUT2D eigenvalue weighted by Crippen LogP contribution is -2.39. The van der Waals surface area contributed by atoms with Gasteiger partial charge in [-0.15, -0.1) is 11.3 Å². The number of carbonyl (C=O) groups is 1. The zero-order valence-corrected chi connectivity index (χ0v) is 13.1. The quantitative estimate of drug-likeness (QED) is 0.666. The zero-order chi connectivity index (χ0) is 16.4. The van der Waals surface area contributed by atoms with Gasteiger partial charge in [0.25, 0.3) is 0 Å². The molecule has 0 saturated heterocycles.